The first-order chi connectivity index (χ1) is 11.1. The van der Waals surface area contributed by atoms with E-state index in [0.29, 0.717) is 5.69 Å². The third-order valence-electron chi connectivity index (χ3n) is 4.58. The summed E-state index contributed by atoms with van der Waals surface area (Å²) < 4.78 is 13.7. The molecule has 0 aromatic carbocycles. The number of hydrogen-bond acceptors (Lipinski definition) is 2. The standard InChI is InChI=1S/C18H29FN4.HI/c1-4-20-18(22-12-17-16(19)6-5-11-21-17)23(3)13-15-9-7-14(2)8-10-15;/h5-6,11,14-15H,4,7-10,12-13H2,1-3H3,(H,20,22);1H. The van der Waals surface area contributed by atoms with Crippen molar-refractivity contribution in [1.82, 2.24) is 15.2 Å². The van der Waals surface area contributed by atoms with Crippen molar-refractivity contribution in [3.8, 4) is 0 Å². The number of nitrogens with zero attached hydrogens (tertiary/aromatic N) is 3. The molecule has 0 unspecified atom stereocenters. The molecule has 6 heteroatoms. The molecule has 0 saturated heterocycles. The van der Waals surface area contributed by atoms with Crippen molar-refractivity contribution in [1.29, 1.82) is 0 Å². The Morgan fingerprint density at radius 2 is 2.08 bits per heavy atom. The second-order valence-corrected chi connectivity index (χ2v) is 6.61. The summed E-state index contributed by atoms with van der Waals surface area (Å²) in [7, 11) is 2.06. The zero-order valence-corrected chi connectivity index (χ0v) is 17.3. The molecule has 0 radical (unpaired) electrons. The predicted octanol–water partition coefficient (Wildman–Crippen LogP) is 4.06. The van der Waals surface area contributed by atoms with Crippen LogP contribution in [0.25, 0.3) is 0 Å². The fourth-order valence-corrected chi connectivity index (χ4v) is 3.14. The fourth-order valence-electron chi connectivity index (χ4n) is 3.14. The van der Waals surface area contributed by atoms with Crippen LogP contribution >= 0.6 is 24.0 Å². The molecule has 0 spiro atoms. The summed E-state index contributed by atoms with van der Waals surface area (Å²) in [4.78, 5) is 10.8. The van der Waals surface area contributed by atoms with E-state index in [9.17, 15) is 4.39 Å². The third kappa shape index (κ3) is 6.53. The van der Waals surface area contributed by atoms with Gasteiger partial charge in [-0.15, -0.1) is 24.0 Å². The van der Waals surface area contributed by atoms with Gasteiger partial charge in [-0.05, 0) is 43.7 Å². The van der Waals surface area contributed by atoms with Crippen LogP contribution in [-0.2, 0) is 6.54 Å². The molecule has 1 fully saturated rings. The minimum absolute atomic E-state index is 0. The van der Waals surface area contributed by atoms with Crippen LogP contribution in [0.5, 0.6) is 0 Å². The van der Waals surface area contributed by atoms with Crippen molar-refractivity contribution in [2.24, 2.45) is 16.8 Å². The van der Waals surface area contributed by atoms with Gasteiger partial charge in [-0.1, -0.05) is 19.8 Å². The number of hydrogen-bond donors (Lipinski definition) is 1. The van der Waals surface area contributed by atoms with E-state index in [1.165, 1.54) is 31.7 Å². The van der Waals surface area contributed by atoms with E-state index < -0.39 is 0 Å². The number of aliphatic imine (C=N–C) groups is 1. The lowest BCUT2D eigenvalue weighted by atomic mass is 9.83. The summed E-state index contributed by atoms with van der Waals surface area (Å²) in [5.41, 5.74) is 0.391. The molecule has 0 bridgehead atoms. The predicted molar refractivity (Wildman–Crippen MR) is 108 cm³/mol. The average molecular weight is 448 g/mol. The third-order valence-corrected chi connectivity index (χ3v) is 4.58. The van der Waals surface area contributed by atoms with Crippen molar-refractivity contribution in [2.75, 3.05) is 20.1 Å². The largest absolute Gasteiger partial charge is 0.357 e. The first-order valence-corrected chi connectivity index (χ1v) is 8.69. The molecule has 1 N–H and O–H groups in total. The summed E-state index contributed by atoms with van der Waals surface area (Å²) in [5, 5.41) is 3.30. The van der Waals surface area contributed by atoms with Crippen LogP contribution in [0.15, 0.2) is 23.3 Å². The van der Waals surface area contributed by atoms with Crippen LogP contribution in [0.4, 0.5) is 4.39 Å². The maximum Gasteiger partial charge on any atom is 0.194 e. The number of aromatic nitrogens is 1. The Morgan fingerprint density at radius 1 is 1.38 bits per heavy atom. The second-order valence-electron chi connectivity index (χ2n) is 6.61. The van der Waals surface area contributed by atoms with Crippen molar-refractivity contribution >= 4 is 29.9 Å². The Hall–Kier alpha value is -0.920. The molecule has 1 aromatic rings. The van der Waals surface area contributed by atoms with Crippen LogP contribution < -0.4 is 5.32 Å². The molecule has 1 heterocycles. The van der Waals surface area contributed by atoms with Gasteiger partial charge in [0.1, 0.15) is 5.82 Å². The molecule has 0 atom stereocenters. The van der Waals surface area contributed by atoms with E-state index in [-0.39, 0.29) is 36.3 Å². The fraction of sp³-hybridized carbons (Fsp3) is 0.667. The molecule has 0 amide bonds. The molecule has 0 aliphatic heterocycles. The van der Waals surface area contributed by atoms with Gasteiger partial charge in [-0.2, -0.15) is 0 Å². The van der Waals surface area contributed by atoms with Crippen LogP contribution in [-0.4, -0.2) is 36.0 Å². The first kappa shape index (κ1) is 21.1. The van der Waals surface area contributed by atoms with Gasteiger partial charge in [0.15, 0.2) is 5.96 Å². The van der Waals surface area contributed by atoms with Crippen molar-refractivity contribution in [3.05, 3.63) is 29.8 Å². The Labute approximate surface area is 162 Å². The molecule has 1 saturated carbocycles. The highest BCUT2D eigenvalue weighted by molar-refractivity contribution is 14.0. The lowest BCUT2D eigenvalue weighted by Crippen LogP contribution is -2.41. The maximum absolute atomic E-state index is 13.7. The van der Waals surface area contributed by atoms with E-state index in [1.54, 1.807) is 12.3 Å². The average Bonchev–Trinajstić information content (AvgIpc) is 2.55. The zero-order chi connectivity index (χ0) is 16.7. The molecule has 1 aliphatic carbocycles. The summed E-state index contributed by atoms with van der Waals surface area (Å²) in [6.07, 6.45) is 6.84. The number of rotatable bonds is 5. The first-order valence-electron chi connectivity index (χ1n) is 8.69. The van der Waals surface area contributed by atoms with Gasteiger partial charge in [0.25, 0.3) is 0 Å². The van der Waals surface area contributed by atoms with Crippen LogP contribution in [0.1, 0.15) is 45.2 Å². The molecule has 136 valence electrons. The Kier molecular flexibility index (Phi) is 9.54. The number of pyridine rings is 1. The van der Waals surface area contributed by atoms with Crippen molar-refractivity contribution in [3.63, 3.8) is 0 Å². The van der Waals surface area contributed by atoms with Crippen LogP contribution in [0.3, 0.4) is 0 Å². The SMILES string of the molecule is CCNC(=NCc1ncccc1F)N(C)CC1CCC(C)CC1.I. The lowest BCUT2D eigenvalue weighted by Gasteiger charge is -2.31. The van der Waals surface area contributed by atoms with Crippen molar-refractivity contribution < 1.29 is 4.39 Å². The van der Waals surface area contributed by atoms with E-state index in [4.69, 9.17) is 0 Å². The van der Waals surface area contributed by atoms with E-state index in [0.717, 1.165) is 30.9 Å². The van der Waals surface area contributed by atoms with Crippen molar-refractivity contribution in [2.45, 2.75) is 46.1 Å². The Morgan fingerprint density at radius 3 is 2.71 bits per heavy atom. The highest BCUT2D eigenvalue weighted by Gasteiger charge is 2.20. The van der Waals surface area contributed by atoms with Gasteiger partial charge in [0, 0.05) is 26.3 Å². The lowest BCUT2D eigenvalue weighted by molar-refractivity contribution is 0.250. The Balaban J connectivity index is 0.00000288. The molecular weight excluding hydrogens is 418 g/mol. The van der Waals surface area contributed by atoms with E-state index in [1.807, 2.05) is 6.92 Å². The molecular formula is C18H30FIN4. The summed E-state index contributed by atoms with van der Waals surface area (Å²) in [6.45, 7) is 6.46. The monoisotopic (exact) mass is 448 g/mol. The number of nitrogens with one attached hydrogen (secondary N) is 1. The topological polar surface area (TPSA) is 40.5 Å². The van der Waals surface area contributed by atoms with Gasteiger partial charge in [0.2, 0.25) is 0 Å². The minimum atomic E-state index is -0.295. The minimum Gasteiger partial charge on any atom is -0.357 e. The summed E-state index contributed by atoms with van der Waals surface area (Å²) in [6, 6.07) is 3.03. The summed E-state index contributed by atoms with van der Waals surface area (Å²) in [5.74, 6) is 2.13. The smallest absolute Gasteiger partial charge is 0.194 e. The molecule has 4 nitrogen and oxygen atoms in total. The number of guanidine groups is 1. The van der Waals surface area contributed by atoms with Gasteiger partial charge in [0.05, 0.1) is 12.2 Å². The Bertz CT molecular complexity index is 515. The maximum atomic E-state index is 13.7. The van der Waals surface area contributed by atoms with E-state index >= 15 is 0 Å². The normalized spacial score (nSPS) is 21.1. The quantitative estimate of drug-likeness (QED) is 0.420. The number of halogens is 2. The van der Waals surface area contributed by atoms with Gasteiger partial charge in [-0.3, -0.25) is 4.98 Å². The molecule has 1 aliphatic rings. The zero-order valence-electron chi connectivity index (χ0n) is 15.0. The molecule has 24 heavy (non-hydrogen) atoms. The van der Waals surface area contributed by atoms with Gasteiger partial charge < -0.3 is 10.2 Å². The summed E-state index contributed by atoms with van der Waals surface area (Å²) >= 11 is 0. The van der Waals surface area contributed by atoms with Gasteiger partial charge in [-0.25, -0.2) is 9.38 Å². The van der Waals surface area contributed by atoms with Crippen LogP contribution in [0.2, 0.25) is 0 Å². The van der Waals surface area contributed by atoms with E-state index in [2.05, 4.69) is 34.2 Å². The molecule has 1 aromatic heterocycles. The highest BCUT2D eigenvalue weighted by atomic mass is 127. The molecule has 2 rings (SSSR count). The van der Waals surface area contributed by atoms with Gasteiger partial charge >= 0.3 is 0 Å². The highest BCUT2D eigenvalue weighted by Crippen LogP contribution is 2.28. The van der Waals surface area contributed by atoms with Crippen LogP contribution in [0, 0.1) is 17.7 Å². The second kappa shape index (κ2) is 10.8.